The van der Waals surface area contributed by atoms with Gasteiger partial charge < -0.3 is 9.88 Å². The van der Waals surface area contributed by atoms with Crippen molar-refractivity contribution in [3.8, 4) is 0 Å². The van der Waals surface area contributed by atoms with Crippen LogP contribution in [0.5, 0.6) is 0 Å². The Bertz CT molecular complexity index is 1420. The maximum absolute atomic E-state index is 12.6. The number of anilines is 1. The van der Waals surface area contributed by atoms with E-state index in [0.29, 0.717) is 11.3 Å². The predicted molar refractivity (Wildman–Crippen MR) is 144 cm³/mol. The third kappa shape index (κ3) is 5.27. The van der Waals surface area contributed by atoms with Crippen LogP contribution in [0.25, 0.3) is 21.8 Å². The van der Waals surface area contributed by atoms with Crippen LogP contribution in [0.1, 0.15) is 57.0 Å². The van der Waals surface area contributed by atoms with Gasteiger partial charge in [-0.1, -0.05) is 51.1 Å². The van der Waals surface area contributed by atoms with E-state index in [4.69, 9.17) is 0 Å². The summed E-state index contributed by atoms with van der Waals surface area (Å²) in [6, 6.07) is 21.7. The zero-order valence-corrected chi connectivity index (χ0v) is 21.0. The number of aryl methyl sites for hydroxylation is 1. The largest absolute Gasteiger partial charge is 0.341 e. The highest BCUT2D eigenvalue weighted by atomic mass is 16.2. The van der Waals surface area contributed by atoms with Gasteiger partial charge in [0.15, 0.2) is 0 Å². The van der Waals surface area contributed by atoms with Crippen LogP contribution in [0.4, 0.5) is 5.69 Å². The van der Waals surface area contributed by atoms with E-state index in [1.165, 1.54) is 5.52 Å². The summed E-state index contributed by atoms with van der Waals surface area (Å²) in [6.45, 7) is 11.1. The van der Waals surface area contributed by atoms with E-state index in [9.17, 15) is 9.59 Å². The number of benzene rings is 3. The molecule has 0 fully saturated rings. The monoisotopic (exact) mass is 468 g/mol. The molecule has 6 nitrogen and oxygen atoms in total. The van der Waals surface area contributed by atoms with E-state index in [1.54, 1.807) is 19.1 Å². The lowest BCUT2D eigenvalue weighted by molar-refractivity contribution is -0.115. The van der Waals surface area contributed by atoms with Crippen LogP contribution in [-0.4, -0.2) is 22.1 Å². The third-order valence-electron chi connectivity index (χ3n) is 6.15. The molecule has 0 aliphatic carbocycles. The molecule has 2 amide bonds. The van der Waals surface area contributed by atoms with Crippen molar-refractivity contribution in [1.82, 2.24) is 9.99 Å². The Kier molecular flexibility index (Phi) is 6.74. The van der Waals surface area contributed by atoms with Crippen LogP contribution in [0.2, 0.25) is 0 Å². The molecule has 4 aromatic rings. The van der Waals surface area contributed by atoms with Gasteiger partial charge in [-0.2, -0.15) is 5.10 Å². The van der Waals surface area contributed by atoms with Crippen molar-refractivity contribution in [2.24, 2.45) is 5.10 Å². The Morgan fingerprint density at radius 2 is 1.60 bits per heavy atom. The molecule has 3 aromatic carbocycles. The third-order valence-corrected chi connectivity index (χ3v) is 6.15. The van der Waals surface area contributed by atoms with Gasteiger partial charge in [-0.05, 0) is 61.2 Å². The summed E-state index contributed by atoms with van der Waals surface area (Å²) in [5.74, 6) is -0.489. The molecule has 2 N–H and O–H groups in total. The smallest absolute Gasteiger partial charge is 0.271 e. The average molecular weight is 469 g/mol. The number of para-hydroxylation sites is 1. The molecular formula is C29H32N4O2. The molecule has 0 spiro atoms. The molecule has 6 heteroatoms. The van der Waals surface area contributed by atoms with Crippen molar-refractivity contribution in [2.75, 3.05) is 5.32 Å². The minimum absolute atomic E-state index is 0.0225. The van der Waals surface area contributed by atoms with Gasteiger partial charge in [0.25, 0.3) is 5.91 Å². The van der Waals surface area contributed by atoms with Gasteiger partial charge in [-0.3, -0.25) is 9.59 Å². The van der Waals surface area contributed by atoms with Gasteiger partial charge in [0.1, 0.15) is 0 Å². The summed E-state index contributed by atoms with van der Waals surface area (Å²) < 4.78 is 2.27. The maximum Gasteiger partial charge on any atom is 0.271 e. The molecule has 180 valence electrons. The van der Waals surface area contributed by atoms with Crippen molar-refractivity contribution in [3.63, 3.8) is 0 Å². The fraction of sp³-hybridized carbons (Fsp3) is 0.276. The first-order valence-electron chi connectivity index (χ1n) is 11.9. The van der Waals surface area contributed by atoms with Gasteiger partial charge in [0, 0.05) is 45.3 Å². The summed E-state index contributed by atoms with van der Waals surface area (Å²) in [4.78, 5) is 25.0. The Labute approximate surface area is 206 Å². The lowest BCUT2D eigenvalue weighted by Crippen LogP contribution is -2.21. The van der Waals surface area contributed by atoms with Crippen molar-refractivity contribution in [3.05, 3.63) is 77.9 Å². The quantitative estimate of drug-likeness (QED) is 0.259. The summed E-state index contributed by atoms with van der Waals surface area (Å²) in [7, 11) is 0. The minimum Gasteiger partial charge on any atom is -0.341 e. The highest BCUT2D eigenvalue weighted by molar-refractivity contribution is 6.11. The molecule has 0 atom stereocenters. The van der Waals surface area contributed by atoms with Crippen LogP contribution in [0.15, 0.2) is 71.8 Å². The first-order chi connectivity index (χ1) is 16.7. The minimum atomic E-state index is -0.303. The molecule has 35 heavy (non-hydrogen) atoms. The molecule has 1 heterocycles. The number of aromatic nitrogens is 1. The van der Waals surface area contributed by atoms with Crippen molar-refractivity contribution < 1.29 is 9.59 Å². The number of nitrogens with one attached hydrogen (secondary N) is 2. The van der Waals surface area contributed by atoms with Gasteiger partial charge >= 0.3 is 0 Å². The lowest BCUT2D eigenvalue weighted by atomic mass is 9.87. The zero-order valence-electron chi connectivity index (χ0n) is 21.0. The Balaban J connectivity index is 1.40. The lowest BCUT2D eigenvalue weighted by Gasteiger charge is -2.18. The summed E-state index contributed by atoms with van der Waals surface area (Å²) >= 11 is 0. The van der Waals surface area contributed by atoms with E-state index in [1.807, 2.05) is 42.5 Å². The number of nitrogens with zero attached hydrogens (tertiary/aromatic N) is 2. The number of hydrogen-bond acceptors (Lipinski definition) is 3. The van der Waals surface area contributed by atoms with Crippen LogP contribution in [0.3, 0.4) is 0 Å². The van der Waals surface area contributed by atoms with Crippen molar-refractivity contribution >= 4 is 45.0 Å². The molecule has 0 unspecified atom stereocenters. The Morgan fingerprint density at radius 1 is 0.914 bits per heavy atom. The van der Waals surface area contributed by atoms with Crippen molar-refractivity contribution in [1.29, 1.82) is 0 Å². The first-order valence-corrected chi connectivity index (χ1v) is 11.9. The maximum atomic E-state index is 12.6. The first kappa shape index (κ1) is 24.2. The standard InChI is InChI=1S/C29H32N4O2/c1-6-33-25-10-8-7-9-23(25)24-18-22(15-16-26(24)33)30-27(34)17-19(2)31-32-28(35)20-11-13-21(14-12-20)29(3,4)5/h7-16,18H,6,17H2,1-5H3,(H,30,34)(H,32,35)/b31-19+. The number of hydrogen-bond donors (Lipinski definition) is 2. The second-order valence-electron chi connectivity index (χ2n) is 9.83. The number of carbonyl (C=O) groups is 2. The molecule has 0 radical (unpaired) electrons. The fourth-order valence-corrected chi connectivity index (χ4v) is 4.28. The molecule has 0 aliphatic rings. The molecule has 0 aliphatic heterocycles. The van der Waals surface area contributed by atoms with Gasteiger partial charge in [0.05, 0.1) is 6.42 Å². The summed E-state index contributed by atoms with van der Waals surface area (Å²) in [5.41, 5.74) is 7.83. The fourth-order valence-electron chi connectivity index (χ4n) is 4.28. The van der Waals surface area contributed by atoms with Crippen LogP contribution in [0, 0.1) is 0 Å². The highest BCUT2D eigenvalue weighted by Gasteiger charge is 2.15. The van der Waals surface area contributed by atoms with E-state index >= 15 is 0 Å². The van der Waals surface area contributed by atoms with Crippen LogP contribution >= 0.6 is 0 Å². The number of fused-ring (bicyclic) bond motifs is 3. The predicted octanol–water partition coefficient (Wildman–Crippen LogP) is 6.25. The molecular weight excluding hydrogens is 436 g/mol. The van der Waals surface area contributed by atoms with Crippen LogP contribution in [-0.2, 0) is 16.8 Å². The van der Waals surface area contributed by atoms with Crippen molar-refractivity contribution in [2.45, 2.75) is 53.0 Å². The van der Waals surface area contributed by atoms with E-state index in [-0.39, 0.29) is 23.7 Å². The topological polar surface area (TPSA) is 75.5 Å². The molecule has 4 rings (SSSR count). The normalized spacial score (nSPS) is 12.2. The number of carbonyl (C=O) groups excluding carboxylic acids is 2. The van der Waals surface area contributed by atoms with Gasteiger partial charge in [-0.15, -0.1) is 0 Å². The van der Waals surface area contributed by atoms with Gasteiger partial charge in [-0.25, -0.2) is 5.43 Å². The molecule has 0 bridgehead atoms. The molecule has 0 saturated heterocycles. The second-order valence-corrected chi connectivity index (χ2v) is 9.83. The Morgan fingerprint density at radius 3 is 2.29 bits per heavy atom. The number of rotatable bonds is 6. The Hall–Kier alpha value is -3.93. The summed E-state index contributed by atoms with van der Waals surface area (Å²) in [5, 5.41) is 9.34. The zero-order chi connectivity index (χ0) is 25.2. The second kappa shape index (κ2) is 9.74. The number of amides is 2. The van der Waals surface area contributed by atoms with E-state index < -0.39 is 0 Å². The number of hydrazone groups is 1. The molecule has 1 aromatic heterocycles. The van der Waals surface area contributed by atoms with Gasteiger partial charge in [0.2, 0.25) is 5.91 Å². The average Bonchev–Trinajstić information content (AvgIpc) is 3.15. The summed E-state index contributed by atoms with van der Waals surface area (Å²) in [6.07, 6.45) is 0.0813. The van der Waals surface area contributed by atoms with E-state index in [2.05, 4.69) is 60.2 Å². The SMILES string of the molecule is CCn1c2ccccc2c2cc(NC(=O)C/C(C)=N/NC(=O)c3ccc(C(C)(C)C)cc3)ccc21. The highest BCUT2D eigenvalue weighted by Crippen LogP contribution is 2.31. The van der Waals surface area contributed by atoms with E-state index in [0.717, 1.165) is 34.1 Å². The molecule has 0 saturated carbocycles. The van der Waals surface area contributed by atoms with Crippen LogP contribution < -0.4 is 10.7 Å².